The number of nitrogens with one attached hydrogen (secondary N) is 2. The highest BCUT2D eigenvalue weighted by Crippen LogP contribution is 2.37. The van der Waals surface area contributed by atoms with Crippen LogP contribution in [0.5, 0.6) is 5.75 Å². The van der Waals surface area contributed by atoms with Crippen LogP contribution in [0.25, 0.3) is 33.4 Å². The molecule has 0 aliphatic heterocycles. The third kappa shape index (κ3) is 7.95. The molecule has 0 amide bonds. The summed E-state index contributed by atoms with van der Waals surface area (Å²) in [6.45, 7) is 4.87. The number of anilines is 3. The van der Waals surface area contributed by atoms with Gasteiger partial charge in [0.1, 0.15) is 17.1 Å². The van der Waals surface area contributed by atoms with Crippen molar-refractivity contribution in [2.24, 2.45) is 0 Å². The van der Waals surface area contributed by atoms with E-state index in [9.17, 15) is 12.8 Å². The summed E-state index contributed by atoms with van der Waals surface area (Å²) in [6, 6.07) is 7.44. The second-order valence-corrected chi connectivity index (χ2v) is 10.3. The summed E-state index contributed by atoms with van der Waals surface area (Å²) in [4.78, 5) is 17.2. The average Bonchev–Trinajstić information content (AvgIpc) is 2.97. The van der Waals surface area contributed by atoms with E-state index in [0.717, 1.165) is 13.2 Å². The number of benzene rings is 2. The lowest BCUT2D eigenvalue weighted by Gasteiger charge is -2.14. The molecule has 0 radical (unpaired) electrons. The zero-order valence-electron chi connectivity index (χ0n) is 23.2. The zero-order valence-corrected chi connectivity index (χ0v) is 24.1. The Bertz CT molecular complexity index is 1570. The first kappa shape index (κ1) is 31.4. The minimum absolute atomic E-state index is 0.0976. The molecular formula is C27H33F2N7O4S. The van der Waals surface area contributed by atoms with Crippen LogP contribution in [-0.2, 0) is 14.8 Å². The van der Waals surface area contributed by atoms with Crippen LogP contribution < -0.4 is 20.5 Å². The van der Waals surface area contributed by atoms with Crippen LogP contribution in [0, 0.1) is 5.82 Å². The van der Waals surface area contributed by atoms with E-state index in [0.29, 0.717) is 33.7 Å². The highest BCUT2D eigenvalue weighted by atomic mass is 32.2. The number of hydrogen-bond donors (Lipinski definition) is 3. The van der Waals surface area contributed by atoms with Gasteiger partial charge in [-0.05, 0) is 44.0 Å². The molecule has 0 unspecified atom stereocenters. The third-order valence-corrected chi connectivity index (χ3v) is 7.04. The van der Waals surface area contributed by atoms with Crippen LogP contribution >= 0.6 is 0 Å². The molecule has 0 aliphatic carbocycles. The van der Waals surface area contributed by atoms with Crippen molar-refractivity contribution in [3.63, 3.8) is 0 Å². The fraction of sp³-hybridized carbons (Fsp3) is 0.333. The first-order valence-corrected chi connectivity index (χ1v) is 14.4. The van der Waals surface area contributed by atoms with Crippen LogP contribution in [0.4, 0.5) is 26.2 Å². The maximum absolute atomic E-state index is 15.4. The van der Waals surface area contributed by atoms with Gasteiger partial charge < -0.3 is 20.5 Å². The highest BCUT2D eigenvalue weighted by Gasteiger charge is 2.19. The van der Waals surface area contributed by atoms with Gasteiger partial charge in [0.25, 0.3) is 0 Å². The van der Waals surface area contributed by atoms with Crippen molar-refractivity contribution >= 4 is 38.4 Å². The molecule has 2 aromatic heterocycles. The van der Waals surface area contributed by atoms with Crippen LogP contribution in [0.1, 0.15) is 20.3 Å². The van der Waals surface area contributed by atoms with E-state index in [1.165, 1.54) is 25.3 Å². The topological polar surface area (TPSA) is 154 Å². The van der Waals surface area contributed by atoms with E-state index < -0.39 is 28.3 Å². The molecule has 2 heterocycles. The molecule has 4 rings (SSSR count). The predicted octanol–water partition coefficient (Wildman–Crippen LogP) is 4.67. The molecule has 0 spiro atoms. The first-order chi connectivity index (χ1) is 19.7. The fourth-order valence-electron chi connectivity index (χ4n) is 3.74. The molecule has 11 nitrogen and oxygen atoms in total. The smallest absolute Gasteiger partial charge is 0.232 e. The van der Waals surface area contributed by atoms with Gasteiger partial charge in [-0.15, -0.1) is 0 Å². The minimum atomic E-state index is -3.92. The van der Waals surface area contributed by atoms with Gasteiger partial charge in [-0.3, -0.25) is 9.11 Å². The van der Waals surface area contributed by atoms with Crippen molar-refractivity contribution in [3.05, 3.63) is 48.5 Å². The van der Waals surface area contributed by atoms with Gasteiger partial charge in [-0.25, -0.2) is 32.7 Å². The molecule has 0 aliphatic rings. The number of rotatable bonds is 11. The number of nitrogen functional groups attached to an aromatic ring is 1. The van der Waals surface area contributed by atoms with Crippen molar-refractivity contribution in [3.8, 4) is 28.3 Å². The lowest BCUT2D eigenvalue weighted by molar-refractivity contribution is 0.162. The van der Waals surface area contributed by atoms with Gasteiger partial charge in [0.15, 0.2) is 11.6 Å². The maximum Gasteiger partial charge on any atom is 0.232 e. The van der Waals surface area contributed by atoms with Gasteiger partial charge in [-0.1, -0.05) is 12.1 Å². The quantitative estimate of drug-likeness (QED) is 0.225. The highest BCUT2D eigenvalue weighted by molar-refractivity contribution is 7.92. The van der Waals surface area contributed by atoms with Crippen LogP contribution in [0.15, 0.2) is 42.7 Å². The monoisotopic (exact) mass is 589 g/mol. The van der Waals surface area contributed by atoms with Gasteiger partial charge in [-0.2, -0.15) is 0 Å². The first-order valence-electron chi connectivity index (χ1n) is 12.8. The second kappa shape index (κ2) is 14.5. The summed E-state index contributed by atoms with van der Waals surface area (Å²) in [7, 11) is -0.783. The van der Waals surface area contributed by atoms with E-state index in [-0.39, 0.29) is 29.3 Å². The minimum Gasteiger partial charge on any atom is -0.494 e. The Labute approximate surface area is 237 Å². The van der Waals surface area contributed by atoms with Gasteiger partial charge in [0.2, 0.25) is 16.0 Å². The summed E-state index contributed by atoms with van der Waals surface area (Å²) in [5.41, 5.74) is 7.38. The Hall–Kier alpha value is -4.17. The number of aromatic nitrogens is 4. The predicted molar refractivity (Wildman–Crippen MR) is 157 cm³/mol. The summed E-state index contributed by atoms with van der Waals surface area (Å²) in [5, 5.41) is 3.24. The number of methoxy groups -OCH3 is 1. The number of nitrogens with zero attached hydrogens (tertiary/aromatic N) is 4. The van der Waals surface area contributed by atoms with Crippen molar-refractivity contribution in [1.82, 2.24) is 19.9 Å². The van der Waals surface area contributed by atoms with Crippen LogP contribution in [0.3, 0.4) is 0 Å². The summed E-state index contributed by atoms with van der Waals surface area (Å²) >= 11 is 0. The largest absolute Gasteiger partial charge is 0.494 e. The Morgan fingerprint density at radius 3 is 2.34 bits per heavy atom. The van der Waals surface area contributed by atoms with Crippen molar-refractivity contribution < 1.29 is 26.7 Å². The van der Waals surface area contributed by atoms with Crippen molar-refractivity contribution in [2.45, 2.75) is 20.3 Å². The third-order valence-electron chi connectivity index (χ3n) is 5.68. The standard InChI is InChI=1S/C23H23F2N7O3S.C4H10O/c1-27-23-28-11-14(12-29-23)22-30-20-16(21(26)31-22)9-13(10-18(20)35-2)15-5-3-6-17(19(15)25)32-36(33,34)8-4-7-24;1-3-5-4-2/h3,5-6,9-12,32H,4,7-8H2,1-2H3,(H2,26,30,31)(H,27,28,29);3-4H2,1-2H3. The second-order valence-electron chi connectivity index (χ2n) is 8.46. The number of alkyl halides is 1. The van der Waals surface area contributed by atoms with Crippen molar-refractivity contribution in [2.75, 3.05) is 55.6 Å². The number of sulfonamides is 1. The number of halogens is 2. The summed E-state index contributed by atoms with van der Waals surface area (Å²) in [6.07, 6.45) is 2.91. The van der Waals surface area contributed by atoms with Crippen molar-refractivity contribution in [1.29, 1.82) is 0 Å². The molecule has 0 bridgehead atoms. The van der Waals surface area contributed by atoms with Gasteiger partial charge in [0, 0.05) is 43.6 Å². The molecule has 41 heavy (non-hydrogen) atoms. The summed E-state index contributed by atoms with van der Waals surface area (Å²) in [5.74, 6) is -0.125. The molecule has 0 saturated carbocycles. The fourth-order valence-corrected chi connectivity index (χ4v) is 4.82. The lowest BCUT2D eigenvalue weighted by Crippen LogP contribution is -2.18. The Balaban J connectivity index is 0.000000850. The molecule has 0 fully saturated rings. The average molecular weight is 590 g/mol. The normalized spacial score (nSPS) is 11.1. The van der Waals surface area contributed by atoms with E-state index in [1.807, 2.05) is 13.8 Å². The van der Waals surface area contributed by atoms with E-state index in [2.05, 4.69) is 30.0 Å². The summed E-state index contributed by atoms with van der Waals surface area (Å²) < 4.78 is 64.6. The maximum atomic E-state index is 15.4. The molecule has 4 N–H and O–H groups in total. The lowest BCUT2D eigenvalue weighted by atomic mass is 10.0. The van der Waals surface area contributed by atoms with Crippen LogP contribution in [0.2, 0.25) is 0 Å². The number of ether oxygens (including phenoxy) is 2. The SMILES string of the molecule is CCOCC.CNc1ncc(-c2nc(N)c3cc(-c4cccc(NS(=O)(=O)CCCF)c4F)cc(OC)c3n2)cn1. The molecule has 0 saturated heterocycles. The van der Waals surface area contributed by atoms with Crippen LogP contribution in [-0.4, -0.2) is 68.2 Å². The number of fused-ring (bicyclic) bond motifs is 1. The molecule has 0 atom stereocenters. The number of hydrogen-bond acceptors (Lipinski definition) is 10. The Kier molecular flexibility index (Phi) is 11.1. The Morgan fingerprint density at radius 1 is 1.05 bits per heavy atom. The number of nitrogens with two attached hydrogens (primary N) is 1. The van der Waals surface area contributed by atoms with E-state index >= 15 is 4.39 Å². The van der Waals surface area contributed by atoms with E-state index in [1.54, 1.807) is 31.6 Å². The molecule has 220 valence electrons. The molecule has 4 aromatic rings. The molecular weight excluding hydrogens is 556 g/mol. The van der Waals surface area contributed by atoms with Gasteiger partial charge in [0.05, 0.1) is 30.8 Å². The molecule has 2 aromatic carbocycles. The Morgan fingerprint density at radius 2 is 1.76 bits per heavy atom. The molecule has 14 heteroatoms. The van der Waals surface area contributed by atoms with Gasteiger partial charge >= 0.3 is 0 Å². The van der Waals surface area contributed by atoms with E-state index in [4.69, 9.17) is 15.2 Å². The zero-order chi connectivity index (χ0) is 30.0.